The summed E-state index contributed by atoms with van der Waals surface area (Å²) >= 11 is 0. The van der Waals surface area contributed by atoms with Crippen molar-refractivity contribution in [3.05, 3.63) is 35.2 Å². The molecule has 2 aromatic rings. The van der Waals surface area contributed by atoms with E-state index in [2.05, 4.69) is 35.9 Å². The van der Waals surface area contributed by atoms with Crippen LogP contribution in [0.5, 0.6) is 0 Å². The van der Waals surface area contributed by atoms with E-state index in [1.54, 1.807) is 0 Å². The molecule has 1 aromatic carbocycles. The number of hydrogen-bond acceptors (Lipinski definition) is 2. The smallest absolute Gasteiger partial charge is 0.0893 e. The number of hydrogen-bond donors (Lipinski definition) is 0. The van der Waals surface area contributed by atoms with Crippen LogP contribution < -0.4 is 0 Å². The van der Waals surface area contributed by atoms with Gasteiger partial charge in [0.25, 0.3) is 0 Å². The van der Waals surface area contributed by atoms with Crippen molar-refractivity contribution in [3.63, 3.8) is 0 Å². The van der Waals surface area contributed by atoms with Gasteiger partial charge in [0, 0.05) is 0 Å². The fourth-order valence-corrected chi connectivity index (χ4v) is 1.62. The lowest BCUT2D eigenvalue weighted by atomic mass is 10.2. The zero-order valence-corrected chi connectivity index (χ0v) is 8.83. The number of rotatable bonds is 1. The van der Waals surface area contributed by atoms with Crippen molar-refractivity contribution in [2.24, 2.45) is 0 Å². The molecule has 72 valence electrons. The van der Waals surface area contributed by atoms with Gasteiger partial charge in [0.1, 0.15) is 0 Å². The van der Waals surface area contributed by atoms with E-state index in [0.717, 1.165) is 28.8 Å². The third-order valence-corrected chi connectivity index (χ3v) is 2.43. The quantitative estimate of drug-likeness (QED) is 0.684. The lowest BCUT2D eigenvalue weighted by Crippen LogP contribution is -1.96. The molecule has 1 aromatic heterocycles. The predicted octanol–water partition coefficient (Wildman–Crippen LogP) is 2.81. The lowest BCUT2D eigenvalue weighted by molar-refractivity contribution is 0.989. The largest absolute Gasteiger partial charge is 0.250 e. The van der Waals surface area contributed by atoms with Crippen LogP contribution >= 0.6 is 0 Å². The van der Waals surface area contributed by atoms with Gasteiger partial charge in [-0.25, -0.2) is 9.97 Å². The van der Waals surface area contributed by atoms with Crippen molar-refractivity contribution in [1.82, 2.24) is 9.97 Å². The summed E-state index contributed by atoms with van der Waals surface area (Å²) in [7, 11) is 0. The predicted molar refractivity (Wildman–Crippen MR) is 58.4 cm³/mol. The number of benzene rings is 1. The molecular formula is C12H14N2. The van der Waals surface area contributed by atoms with Gasteiger partial charge in [-0.1, -0.05) is 13.0 Å². The van der Waals surface area contributed by atoms with Crippen LogP contribution in [0.2, 0.25) is 0 Å². The van der Waals surface area contributed by atoms with E-state index in [1.165, 1.54) is 5.56 Å². The molecule has 0 atom stereocenters. The van der Waals surface area contributed by atoms with Crippen molar-refractivity contribution in [2.75, 3.05) is 0 Å². The highest BCUT2D eigenvalue weighted by molar-refractivity contribution is 5.75. The molecule has 0 saturated heterocycles. The van der Waals surface area contributed by atoms with Crippen LogP contribution in [0.3, 0.4) is 0 Å². The summed E-state index contributed by atoms with van der Waals surface area (Å²) in [5.41, 5.74) is 5.38. The fourth-order valence-electron chi connectivity index (χ4n) is 1.62. The standard InChI is InChI=1S/C12H14N2/c1-4-10-9(3)13-11-6-5-8(2)7-12(11)14-10/h5-7H,4H2,1-3H3. The monoisotopic (exact) mass is 186 g/mol. The first-order valence-corrected chi connectivity index (χ1v) is 4.94. The number of nitrogens with zero attached hydrogens (tertiary/aromatic N) is 2. The van der Waals surface area contributed by atoms with Gasteiger partial charge in [0.15, 0.2) is 0 Å². The third-order valence-electron chi connectivity index (χ3n) is 2.43. The summed E-state index contributed by atoms with van der Waals surface area (Å²) in [6.45, 7) is 6.20. The average molecular weight is 186 g/mol. The van der Waals surface area contributed by atoms with Crippen LogP contribution in [0.4, 0.5) is 0 Å². The lowest BCUT2D eigenvalue weighted by Gasteiger charge is -2.04. The molecular weight excluding hydrogens is 172 g/mol. The first-order chi connectivity index (χ1) is 6.70. The molecule has 2 rings (SSSR count). The van der Waals surface area contributed by atoms with E-state index in [-0.39, 0.29) is 0 Å². The Morgan fingerprint density at radius 2 is 1.86 bits per heavy atom. The molecule has 0 amide bonds. The van der Waals surface area contributed by atoms with Crippen LogP contribution in [0.25, 0.3) is 11.0 Å². The Labute approximate surface area is 84.0 Å². The Balaban J connectivity index is 2.73. The van der Waals surface area contributed by atoms with E-state index >= 15 is 0 Å². The second kappa shape index (κ2) is 3.37. The second-order valence-electron chi connectivity index (χ2n) is 3.60. The van der Waals surface area contributed by atoms with Gasteiger partial charge >= 0.3 is 0 Å². The van der Waals surface area contributed by atoms with Crippen molar-refractivity contribution in [3.8, 4) is 0 Å². The molecule has 0 radical (unpaired) electrons. The van der Waals surface area contributed by atoms with Crippen LogP contribution in [0.15, 0.2) is 18.2 Å². The van der Waals surface area contributed by atoms with Crippen molar-refractivity contribution < 1.29 is 0 Å². The molecule has 0 spiro atoms. The third kappa shape index (κ3) is 1.48. The highest BCUT2D eigenvalue weighted by Crippen LogP contribution is 2.14. The van der Waals surface area contributed by atoms with Crippen LogP contribution in [-0.2, 0) is 6.42 Å². The Morgan fingerprint density at radius 3 is 2.57 bits per heavy atom. The molecule has 2 nitrogen and oxygen atoms in total. The van der Waals surface area contributed by atoms with Gasteiger partial charge in [-0.15, -0.1) is 0 Å². The van der Waals surface area contributed by atoms with Gasteiger partial charge in [-0.2, -0.15) is 0 Å². The van der Waals surface area contributed by atoms with Crippen molar-refractivity contribution in [1.29, 1.82) is 0 Å². The Morgan fingerprint density at radius 1 is 1.07 bits per heavy atom. The molecule has 1 heterocycles. The van der Waals surface area contributed by atoms with Crippen molar-refractivity contribution >= 4 is 11.0 Å². The van der Waals surface area contributed by atoms with E-state index in [0.29, 0.717) is 0 Å². The minimum Gasteiger partial charge on any atom is -0.250 e. The van der Waals surface area contributed by atoms with E-state index in [4.69, 9.17) is 0 Å². The second-order valence-corrected chi connectivity index (χ2v) is 3.60. The Kier molecular flexibility index (Phi) is 2.20. The van der Waals surface area contributed by atoms with Crippen LogP contribution in [-0.4, -0.2) is 9.97 Å². The topological polar surface area (TPSA) is 25.8 Å². The Hall–Kier alpha value is -1.44. The van der Waals surface area contributed by atoms with Gasteiger partial charge in [0.05, 0.1) is 22.4 Å². The molecule has 0 saturated carbocycles. The number of aryl methyl sites for hydroxylation is 3. The highest BCUT2D eigenvalue weighted by Gasteiger charge is 2.02. The maximum atomic E-state index is 4.59. The summed E-state index contributed by atoms with van der Waals surface area (Å²) in [4.78, 5) is 9.12. The van der Waals surface area contributed by atoms with E-state index < -0.39 is 0 Å². The number of aromatic nitrogens is 2. The summed E-state index contributed by atoms with van der Waals surface area (Å²) in [5, 5.41) is 0. The zero-order chi connectivity index (χ0) is 10.1. The average Bonchev–Trinajstić information content (AvgIpc) is 2.17. The first-order valence-electron chi connectivity index (χ1n) is 4.94. The highest BCUT2D eigenvalue weighted by atomic mass is 14.8. The summed E-state index contributed by atoms with van der Waals surface area (Å²) in [6, 6.07) is 6.19. The van der Waals surface area contributed by atoms with Crippen LogP contribution in [0, 0.1) is 13.8 Å². The van der Waals surface area contributed by atoms with Gasteiger partial charge in [0.2, 0.25) is 0 Å². The summed E-state index contributed by atoms with van der Waals surface area (Å²) < 4.78 is 0. The Bertz CT molecular complexity index is 475. The van der Waals surface area contributed by atoms with Gasteiger partial charge in [-0.3, -0.25) is 0 Å². The summed E-state index contributed by atoms with van der Waals surface area (Å²) in [6.07, 6.45) is 0.947. The summed E-state index contributed by atoms with van der Waals surface area (Å²) in [5.74, 6) is 0. The molecule has 0 N–H and O–H groups in total. The molecule has 0 unspecified atom stereocenters. The maximum Gasteiger partial charge on any atom is 0.0893 e. The molecule has 2 heteroatoms. The molecule has 0 aliphatic heterocycles. The maximum absolute atomic E-state index is 4.59. The molecule has 0 aliphatic rings. The normalized spacial score (nSPS) is 10.8. The van der Waals surface area contributed by atoms with Crippen molar-refractivity contribution in [2.45, 2.75) is 27.2 Å². The van der Waals surface area contributed by atoms with Crippen LogP contribution in [0.1, 0.15) is 23.9 Å². The molecule has 0 bridgehead atoms. The SMILES string of the molecule is CCc1nc2cc(C)ccc2nc1C. The zero-order valence-electron chi connectivity index (χ0n) is 8.83. The first kappa shape index (κ1) is 9.13. The minimum atomic E-state index is 0.947. The van der Waals surface area contributed by atoms with E-state index in [9.17, 15) is 0 Å². The number of fused-ring (bicyclic) bond motifs is 1. The molecule has 14 heavy (non-hydrogen) atoms. The minimum absolute atomic E-state index is 0.947. The van der Waals surface area contributed by atoms with Gasteiger partial charge < -0.3 is 0 Å². The molecule has 0 fully saturated rings. The van der Waals surface area contributed by atoms with Gasteiger partial charge in [-0.05, 0) is 38.0 Å². The molecule has 0 aliphatic carbocycles. The van der Waals surface area contributed by atoms with E-state index in [1.807, 2.05) is 13.0 Å². The fraction of sp³-hybridized carbons (Fsp3) is 0.333.